The molecule has 0 amide bonds. The third-order valence-corrected chi connectivity index (χ3v) is 3.75. The average molecular weight is 267 g/mol. The molecule has 100 valence electrons. The van der Waals surface area contributed by atoms with Crippen molar-refractivity contribution in [1.29, 1.82) is 0 Å². The van der Waals surface area contributed by atoms with Gasteiger partial charge in [0.05, 0.1) is 0 Å². The van der Waals surface area contributed by atoms with E-state index in [1.807, 2.05) is 6.92 Å². The lowest BCUT2D eigenvalue weighted by atomic mass is 10.2. The normalized spacial score (nSPS) is 16.1. The second-order valence-corrected chi connectivity index (χ2v) is 5.84. The second-order valence-electron chi connectivity index (χ2n) is 3.73. The highest BCUT2D eigenvalue weighted by atomic mass is 31.2. The van der Waals surface area contributed by atoms with Crippen LogP contribution < -0.4 is 5.09 Å². The molecule has 0 rings (SSSR count). The summed E-state index contributed by atoms with van der Waals surface area (Å²) in [5, 5.41) is 19.4. The van der Waals surface area contributed by atoms with Crippen LogP contribution in [0.4, 0.5) is 0 Å². The van der Waals surface area contributed by atoms with E-state index in [-0.39, 0.29) is 19.0 Å². The topological polar surface area (TPSA) is 124 Å². The Labute approximate surface area is 99.3 Å². The Morgan fingerprint density at radius 3 is 2.35 bits per heavy atom. The van der Waals surface area contributed by atoms with E-state index in [0.717, 1.165) is 6.42 Å². The van der Waals surface area contributed by atoms with E-state index in [1.54, 1.807) is 0 Å². The van der Waals surface area contributed by atoms with Crippen molar-refractivity contribution < 1.29 is 29.3 Å². The van der Waals surface area contributed by atoms with E-state index in [4.69, 9.17) is 10.2 Å². The van der Waals surface area contributed by atoms with Crippen LogP contribution in [0.15, 0.2) is 0 Å². The molecular formula is C9H18NO6P. The lowest BCUT2D eigenvalue weighted by molar-refractivity contribution is -0.140. The first-order chi connectivity index (χ1) is 7.78. The maximum Gasteiger partial charge on any atom is 0.321 e. The van der Waals surface area contributed by atoms with Gasteiger partial charge in [0, 0.05) is 12.6 Å². The standard InChI is InChI=1S/C9H18NO6P/c1-2-3-6-17(15,16)10-7(9(13)14)4-5-8(11)12/h7H,2-6H2,1H3,(H,11,12)(H,13,14)(H2,10,15,16). The van der Waals surface area contributed by atoms with E-state index >= 15 is 0 Å². The van der Waals surface area contributed by atoms with E-state index in [1.165, 1.54) is 0 Å². The molecule has 0 aromatic heterocycles. The lowest BCUT2D eigenvalue weighted by Crippen LogP contribution is -2.35. The minimum atomic E-state index is -3.70. The van der Waals surface area contributed by atoms with Crippen LogP contribution in [0, 0.1) is 0 Å². The van der Waals surface area contributed by atoms with Crippen LogP contribution in [0.3, 0.4) is 0 Å². The minimum Gasteiger partial charge on any atom is -0.481 e. The van der Waals surface area contributed by atoms with Crippen molar-refractivity contribution in [2.75, 3.05) is 6.16 Å². The van der Waals surface area contributed by atoms with Gasteiger partial charge in [0.15, 0.2) is 0 Å². The summed E-state index contributed by atoms with van der Waals surface area (Å²) in [5.74, 6) is -2.46. The van der Waals surface area contributed by atoms with E-state index < -0.39 is 25.5 Å². The van der Waals surface area contributed by atoms with Gasteiger partial charge in [0.2, 0.25) is 0 Å². The molecule has 0 fully saturated rings. The largest absolute Gasteiger partial charge is 0.481 e. The summed E-state index contributed by atoms with van der Waals surface area (Å²) in [4.78, 5) is 30.6. The van der Waals surface area contributed by atoms with Crippen LogP contribution in [0.2, 0.25) is 0 Å². The monoisotopic (exact) mass is 267 g/mol. The van der Waals surface area contributed by atoms with Crippen molar-refractivity contribution in [1.82, 2.24) is 5.09 Å². The third kappa shape index (κ3) is 7.90. The highest BCUT2D eigenvalue weighted by Gasteiger charge is 2.27. The molecule has 0 aliphatic rings. The predicted molar refractivity (Wildman–Crippen MR) is 61.0 cm³/mol. The maximum atomic E-state index is 11.6. The Morgan fingerprint density at radius 2 is 1.94 bits per heavy atom. The third-order valence-electron chi connectivity index (χ3n) is 2.12. The number of carbonyl (C=O) groups is 2. The summed E-state index contributed by atoms with van der Waals surface area (Å²) in [6.45, 7) is 1.85. The Morgan fingerprint density at radius 1 is 1.35 bits per heavy atom. The zero-order valence-corrected chi connectivity index (χ0v) is 10.5. The molecule has 0 aromatic carbocycles. The summed E-state index contributed by atoms with van der Waals surface area (Å²) >= 11 is 0. The fraction of sp³-hybridized carbons (Fsp3) is 0.778. The average Bonchev–Trinajstić information content (AvgIpc) is 2.20. The summed E-state index contributed by atoms with van der Waals surface area (Å²) < 4.78 is 11.6. The van der Waals surface area contributed by atoms with E-state index in [9.17, 15) is 19.0 Å². The molecule has 17 heavy (non-hydrogen) atoms. The molecule has 0 radical (unpaired) electrons. The number of carboxylic acids is 2. The fourth-order valence-corrected chi connectivity index (χ4v) is 2.79. The van der Waals surface area contributed by atoms with Gasteiger partial charge in [-0.3, -0.25) is 14.2 Å². The first-order valence-electron chi connectivity index (χ1n) is 5.32. The van der Waals surface area contributed by atoms with Gasteiger partial charge in [0.1, 0.15) is 6.04 Å². The molecule has 0 saturated heterocycles. The number of unbranched alkanes of at least 4 members (excludes halogenated alkanes) is 1. The summed E-state index contributed by atoms with van der Waals surface area (Å²) in [7, 11) is -3.70. The molecule has 0 spiro atoms. The summed E-state index contributed by atoms with van der Waals surface area (Å²) in [6.07, 6.45) is 0.630. The van der Waals surface area contributed by atoms with Gasteiger partial charge in [-0.15, -0.1) is 0 Å². The van der Waals surface area contributed by atoms with E-state index in [0.29, 0.717) is 6.42 Å². The van der Waals surface area contributed by atoms with Gasteiger partial charge >= 0.3 is 11.9 Å². The highest BCUT2D eigenvalue weighted by Crippen LogP contribution is 2.37. The zero-order chi connectivity index (χ0) is 13.5. The first kappa shape index (κ1) is 16.1. The fourth-order valence-electron chi connectivity index (χ4n) is 1.19. The van der Waals surface area contributed by atoms with Crippen LogP contribution in [0.25, 0.3) is 0 Å². The molecule has 0 aliphatic heterocycles. The SMILES string of the molecule is CCCCP(=O)(O)NC(CCC(=O)O)C(=O)O. The highest BCUT2D eigenvalue weighted by molar-refractivity contribution is 7.55. The maximum absolute atomic E-state index is 11.6. The first-order valence-corrected chi connectivity index (χ1v) is 7.17. The molecule has 0 aliphatic carbocycles. The van der Waals surface area contributed by atoms with Gasteiger partial charge in [-0.2, -0.15) is 0 Å². The molecule has 0 bridgehead atoms. The second kappa shape index (κ2) is 7.42. The van der Waals surface area contributed by atoms with Gasteiger partial charge < -0.3 is 15.1 Å². The van der Waals surface area contributed by atoms with E-state index in [2.05, 4.69) is 5.09 Å². The Hall–Kier alpha value is -0.910. The number of nitrogens with one attached hydrogen (secondary N) is 1. The number of rotatable bonds is 9. The number of carboxylic acid groups (broad SMARTS) is 2. The predicted octanol–water partition coefficient (Wildman–Crippen LogP) is 0.880. The van der Waals surface area contributed by atoms with Crippen LogP contribution in [0.1, 0.15) is 32.6 Å². The van der Waals surface area contributed by atoms with Gasteiger partial charge in [-0.05, 0) is 12.8 Å². The van der Waals surface area contributed by atoms with Crippen LogP contribution in [-0.2, 0) is 14.2 Å². The van der Waals surface area contributed by atoms with Crippen molar-refractivity contribution in [3.05, 3.63) is 0 Å². The lowest BCUT2D eigenvalue weighted by Gasteiger charge is -2.18. The molecule has 0 heterocycles. The Balaban J connectivity index is 4.37. The van der Waals surface area contributed by atoms with Gasteiger partial charge in [-0.1, -0.05) is 13.3 Å². The van der Waals surface area contributed by atoms with Crippen molar-refractivity contribution in [2.45, 2.75) is 38.6 Å². The summed E-state index contributed by atoms with van der Waals surface area (Å²) in [5.41, 5.74) is 0. The summed E-state index contributed by atoms with van der Waals surface area (Å²) in [6, 6.07) is -1.31. The molecule has 7 nitrogen and oxygen atoms in total. The smallest absolute Gasteiger partial charge is 0.321 e. The minimum absolute atomic E-state index is 0.0135. The quantitative estimate of drug-likeness (QED) is 0.457. The molecule has 0 saturated carbocycles. The van der Waals surface area contributed by atoms with Crippen molar-refractivity contribution in [3.63, 3.8) is 0 Å². The van der Waals surface area contributed by atoms with Gasteiger partial charge in [0.25, 0.3) is 7.52 Å². The number of hydrogen-bond acceptors (Lipinski definition) is 3. The van der Waals surface area contributed by atoms with Crippen LogP contribution >= 0.6 is 7.52 Å². The molecule has 8 heteroatoms. The molecule has 2 unspecified atom stereocenters. The molecule has 4 N–H and O–H groups in total. The molecule has 2 atom stereocenters. The van der Waals surface area contributed by atoms with Crippen molar-refractivity contribution in [2.24, 2.45) is 0 Å². The van der Waals surface area contributed by atoms with Gasteiger partial charge in [-0.25, -0.2) is 5.09 Å². The molecular weight excluding hydrogens is 249 g/mol. The zero-order valence-electron chi connectivity index (χ0n) is 9.63. The van der Waals surface area contributed by atoms with Crippen molar-refractivity contribution in [3.8, 4) is 0 Å². The van der Waals surface area contributed by atoms with Crippen LogP contribution in [-0.4, -0.2) is 39.2 Å². The Bertz CT molecular complexity index is 319. The van der Waals surface area contributed by atoms with Crippen LogP contribution in [0.5, 0.6) is 0 Å². The number of hydrogen-bond donors (Lipinski definition) is 4. The Kier molecular flexibility index (Phi) is 7.03. The molecule has 0 aromatic rings. The number of aliphatic carboxylic acids is 2. The van der Waals surface area contributed by atoms with Crippen molar-refractivity contribution >= 4 is 19.5 Å².